The minimum atomic E-state index is -2.82. The molecule has 12 heteroatoms. The van der Waals surface area contributed by atoms with Gasteiger partial charge in [0.1, 0.15) is 22.0 Å². The van der Waals surface area contributed by atoms with Crippen molar-refractivity contribution in [1.82, 2.24) is 5.32 Å². The van der Waals surface area contributed by atoms with E-state index >= 15 is 0 Å². The molecule has 0 aromatic carbocycles. The lowest BCUT2D eigenvalue weighted by Crippen LogP contribution is -2.67. The number of carboxylic acid groups (broad SMARTS) is 1. The van der Waals surface area contributed by atoms with Gasteiger partial charge < -0.3 is 40.7 Å². The van der Waals surface area contributed by atoms with Gasteiger partial charge in [-0.05, 0) is 0 Å². The number of amides is 1. The summed E-state index contributed by atoms with van der Waals surface area (Å²) in [5.41, 5.74) is 0. The lowest BCUT2D eigenvalue weighted by Gasteiger charge is -2.44. The third-order valence-electron chi connectivity index (χ3n) is 3.34. The van der Waals surface area contributed by atoms with E-state index in [9.17, 15) is 30.0 Å². The molecule has 1 heterocycles. The standard InChI is InChI=1S/C11H17Br2NO9/c12-8(13)9(19)14-5-3(16)1-11(22,10(20)21)23-7(5)6(18)4(17)2-15/h3-8,15-18,22H,1-2H2,(H,14,19)(H,20,21)/t3-,4+,5+,6+,7+,11?/m0/s1. The van der Waals surface area contributed by atoms with Gasteiger partial charge in [-0.3, -0.25) is 4.79 Å². The predicted octanol–water partition coefficient (Wildman–Crippen LogP) is -2.78. The summed E-state index contributed by atoms with van der Waals surface area (Å²) in [5, 5.41) is 59.6. The average Bonchev–Trinajstić information content (AvgIpc) is 2.47. The van der Waals surface area contributed by atoms with E-state index in [2.05, 4.69) is 37.2 Å². The fourth-order valence-electron chi connectivity index (χ4n) is 2.13. The lowest BCUT2D eigenvalue weighted by atomic mass is 9.88. The number of rotatable bonds is 6. The number of alkyl halides is 2. The van der Waals surface area contributed by atoms with Crippen molar-refractivity contribution < 1.29 is 45.0 Å². The van der Waals surface area contributed by atoms with Gasteiger partial charge in [0.2, 0.25) is 5.91 Å². The van der Waals surface area contributed by atoms with Crippen molar-refractivity contribution in [3.63, 3.8) is 0 Å². The summed E-state index contributed by atoms with van der Waals surface area (Å²) in [4.78, 5) is 22.8. The Labute approximate surface area is 147 Å². The molecule has 1 rings (SSSR count). The summed E-state index contributed by atoms with van der Waals surface area (Å²) in [5.74, 6) is -5.30. The molecule has 7 N–H and O–H groups in total. The van der Waals surface area contributed by atoms with Gasteiger partial charge in [0, 0.05) is 6.42 Å². The highest BCUT2D eigenvalue weighted by Crippen LogP contribution is 2.30. The summed E-state index contributed by atoms with van der Waals surface area (Å²) in [6.07, 6.45) is -7.69. The van der Waals surface area contributed by atoms with Crippen LogP contribution in [0.2, 0.25) is 0 Å². The maximum Gasteiger partial charge on any atom is 0.364 e. The number of carbonyl (C=O) groups is 2. The normalized spacial score (nSPS) is 34.0. The molecule has 23 heavy (non-hydrogen) atoms. The maximum atomic E-state index is 11.7. The van der Waals surface area contributed by atoms with Crippen LogP contribution in [0.15, 0.2) is 0 Å². The Bertz CT molecular complexity index is 451. The van der Waals surface area contributed by atoms with Gasteiger partial charge in [0.05, 0.1) is 18.8 Å². The van der Waals surface area contributed by atoms with Crippen LogP contribution in [0.4, 0.5) is 0 Å². The Hall–Kier alpha value is -0.340. The van der Waals surface area contributed by atoms with E-state index in [0.29, 0.717) is 0 Å². The molecule has 0 spiro atoms. The van der Waals surface area contributed by atoms with Gasteiger partial charge in [0.15, 0.2) is 0 Å². The minimum Gasteiger partial charge on any atom is -0.477 e. The number of carboxylic acids is 1. The second-order valence-electron chi connectivity index (χ2n) is 5.02. The molecule has 10 nitrogen and oxygen atoms in total. The molecule has 1 aliphatic rings. The monoisotopic (exact) mass is 465 g/mol. The van der Waals surface area contributed by atoms with Crippen LogP contribution in [-0.2, 0) is 14.3 Å². The molecule has 0 aliphatic carbocycles. The zero-order chi connectivity index (χ0) is 17.9. The fraction of sp³-hybridized carbons (Fsp3) is 0.818. The number of aliphatic carboxylic acids is 1. The summed E-state index contributed by atoms with van der Waals surface area (Å²) in [7, 11) is 0. The van der Waals surface area contributed by atoms with Crippen molar-refractivity contribution in [1.29, 1.82) is 0 Å². The SMILES string of the molecule is O=C(N[C@H]1[C@H]([C@H](O)[C@H](O)CO)OC(O)(C(=O)O)C[C@@H]1O)C(Br)Br. The molecule has 0 radical (unpaired) electrons. The lowest BCUT2D eigenvalue weighted by molar-refractivity contribution is -0.295. The first-order chi connectivity index (χ1) is 10.5. The fourth-order valence-corrected chi connectivity index (χ4v) is 2.39. The van der Waals surface area contributed by atoms with E-state index in [1.807, 2.05) is 0 Å². The van der Waals surface area contributed by atoms with Gasteiger partial charge in [-0.2, -0.15) is 0 Å². The predicted molar refractivity (Wildman–Crippen MR) is 80.8 cm³/mol. The molecule has 0 saturated carbocycles. The molecule has 6 atom stereocenters. The number of hydrogen-bond donors (Lipinski definition) is 7. The smallest absolute Gasteiger partial charge is 0.364 e. The zero-order valence-corrected chi connectivity index (χ0v) is 14.7. The second kappa shape index (κ2) is 8.16. The van der Waals surface area contributed by atoms with E-state index in [1.54, 1.807) is 0 Å². The van der Waals surface area contributed by atoms with Gasteiger partial charge >= 0.3 is 5.97 Å². The van der Waals surface area contributed by atoms with Crippen LogP contribution in [0.5, 0.6) is 0 Å². The summed E-state index contributed by atoms with van der Waals surface area (Å²) >= 11 is 5.84. The van der Waals surface area contributed by atoms with Crippen LogP contribution in [-0.4, -0.2) is 89.1 Å². The van der Waals surface area contributed by atoms with E-state index in [0.717, 1.165) is 0 Å². The number of aliphatic hydroxyl groups is 5. The van der Waals surface area contributed by atoms with E-state index in [-0.39, 0.29) is 0 Å². The first-order valence-electron chi connectivity index (χ1n) is 6.40. The molecule has 1 aliphatic heterocycles. The molecule has 1 unspecified atom stereocenters. The van der Waals surface area contributed by atoms with Crippen LogP contribution in [0.25, 0.3) is 0 Å². The van der Waals surface area contributed by atoms with Gasteiger partial charge in [-0.1, -0.05) is 31.9 Å². The van der Waals surface area contributed by atoms with Crippen molar-refractivity contribution in [2.45, 2.75) is 46.4 Å². The molecule has 1 fully saturated rings. The third kappa shape index (κ3) is 4.82. The highest BCUT2D eigenvalue weighted by atomic mass is 79.9. The van der Waals surface area contributed by atoms with Crippen LogP contribution in [0, 0.1) is 0 Å². The minimum absolute atomic E-state index is 0.672. The van der Waals surface area contributed by atoms with E-state index in [1.165, 1.54) is 0 Å². The average molecular weight is 467 g/mol. The molecule has 0 aromatic heterocycles. The Balaban J connectivity index is 3.09. The molecule has 1 saturated heterocycles. The van der Waals surface area contributed by atoms with Crippen LogP contribution >= 0.6 is 31.9 Å². The van der Waals surface area contributed by atoms with E-state index in [4.69, 9.17) is 14.9 Å². The Morgan fingerprint density at radius 1 is 1.35 bits per heavy atom. The quantitative estimate of drug-likeness (QED) is 0.204. The van der Waals surface area contributed by atoms with Crippen molar-refractivity contribution in [2.24, 2.45) is 0 Å². The van der Waals surface area contributed by atoms with Crippen LogP contribution in [0.1, 0.15) is 6.42 Å². The molecule has 0 aromatic rings. The maximum absolute atomic E-state index is 11.7. The largest absolute Gasteiger partial charge is 0.477 e. The van der Waals surface area contributed by atoms with Crippen molar-refractivity contribution >= 4 is 43.7 Å². The zero-order valence-electron chi connectivity index (χ0n) is 11.5. The number of hydrogen-bond acceptors (Lipinski definition) is 8. The van der Waals surface area contributed by atoms with Crippen molar-refractivity contribution in [3.05, 3.63) is 0 Å². The van der Waals surface area contributed by atoms with Crippen LogP contribution < -0.4 is 5.32 Å². The first kappa shape index (κ1) is 20.7. The highest BCUT2D eigenvalue weighted by Gasteiger charge is 2.54. The summed E-state index contributed by atoms with van der Waals surface area (Å²) < 4.78 is 4.07. The highest BCUT2D eigenvalue weighted by molar-refractivity contribution is 9.25. The van der Waals surface area contributed by atoms with Gasteiger partial charge in [0.25, 0.3) is 5.79 Å². The number of aliphatic hydroxyl groups excluding tert-OH is 4. The molecule has 1 amide bonds. The Kier molecular flexibility index (Phi) is 7.35. The van der Waals surface area contributed by atoms with E-state index < -0.39 is 64.9 Å². The van der Waals surface area contributed by atoms with Crippen molar-refractivity contribution in [2.75, 3.05) is 6.61 Å². The van der Waals surface area contributed by atoms with Crippen LogP contribution in [0.3, 0.4) is 0 Å². The molecule has 0 bridgehead atoms. The Morgan fingerprint density at radius 2 is 1.91 bits per heavy atom. The number of halogens is 2. The van der Waals surface area contributed by atoms with Gasteiger partial charge in [-0.25, -0.2) is 4.79 Å². The number of ether oxygens (including phenoxy) is 1. The number of carbonyl (C=O) groups excluding carboxylic acids is 1. The Morgan fingerprint density at radius 3 is 2.35 bits per heavy atom. The first-order valence-corrected chi connectivity index (χ1v) is 8.23. The van der Waals surface area contributed by atoms with Gasteiger partial charge in [-0.15, -0.1) is 0 Å². The molecular formula is C11H17Br2NO9. The van der Waals surface area contributed by atoms with Crippen molar-refractivity contribution in [3.8, 4) is 0 Å². The molecule has 134 valence electrons. The molecular weight excluding hydrogens is 450 g/mol. The summed E-state index contributed by atoms with van der Waals surface area (Å²) in [6, 6.07) is -1.34. The second-order valence-corrected chi connectivity index (χ2v) is 8.08. The number of nitrogens with one attached hydrogen (secondary N) is 1. The third-order valence-corrected chi connectivity index (χ3v) is 4.18. The summed E-state index contributed by atoms with van der Waals surface area (Å²) in [6.45, 7) is -0.886. The topological polar surface area (TPSA) is 177 Å².